The van der Waals surface area contributed by atoms with Crippen LogP contribution in [-0.4, -0.2) is 24.5 Å². The van der Waals surface area contributed by atoms with Crippen LogP contribution in [0, 0.1) is 4.77 Å². The highest BCUT2D eigenvalue weighted by molar-refractivity contribution is 7.71. The van der Waals surface area contributed by atoms with Crippen LogP contribution in [0.15, 0.2) is 79.1 Å². The predicted molar refractivity (Wildman–Crippen MR) is 103 cm³/mol. The zero-order chi connectivity index (χ0) is 17.8. The summed E-state index contributed by atoms with van der Waals surface area (Å²) in [5.74, 6) is 1.35. The Labute approximate surface area is 155 Å². The molecule has 0 aliphatic heterocycles. The molecule has 0 unspecified atom stereocenters. The van der Waals surface area contributed by atoms with Gasteiger partial charge in [0, 0.05) is 18.1 Å². The molecule has 0 saturated carbocycles. The summed E-state index contributed by atoms with van der Waals surface area (Å²) in [5.41, 5.74) is 1.77. The molecular weight excluding hydrogens is 344 g/mol. The smallest absolute Gasteiger partial charge is 0.216 e. The molecule has 126 valence electrons. The first-order valence-electron chi connectivity index (χ1n) is 7.97. The van der Waals surface area contributed by atoms with Crippen LogP contribution in [0.4, 0.5) is 11.6 Å². The van der Waals surface area contributed by atoms with E-state index in [9.17, 15) is 0 Å². The maximum Gasteiger partial charge on any atom is 0.216 e. The summed E-state index contributed by atoms with van der Waals surface area (Å²) < 4.78 is 2.15. The first-order valence-corrected chi connectivity index (χ1v) is 8.38. The summed E-state index contributed by atoms with van der Waals surface area (Å²) in [6.07, 6.45) is 3.30. The van der Waals surface area contributed by atoms with Crippen molar-refractivity contribution >= 4 is 23.9 Å². The van der Waals surface area contributed by atoms with Gasteiger partial charge in [-0.15, -0.1) is 0 Å². The van der Waals surface area contributed by atoms with E-state index in [-0.39, 0.29) is 0 Å². The van der Waals surface area contributed by atoms with E-state index >= 15 is 0 Å². The Balaban J connectivity index is 1.89. The van der Waals surface area contributed by atoms with Gasteiger partial charge in [-0.05, 0) is 42.5 Å². The predicted octanol–water partition coefficient (Wildman–Crippen LogP) is 4.20. The zero-order valence-electron chi connectivity index (χ0n) is 13.6. The summed E-state index contributed by atoms with van der Waals surface area (Å²) in [5, 5.41) is 3.31. The lowest BCUT2D eigenvalue weighted by atomic mass is 10.3. The van der Waals surface area contributed by atoms with Gasteiger partial charge in [0.1, 0.15) is 0 Å². The highest BCUT2D eigenvalue weighted by atomic mass is 32.1. The molecule has 0 radical (unpaired) electrons. The molecule has 2 aromatic carbocycles. The number of benzene rings is 2. The second kappa shape index (κ2) is 7.20. The van der Waals surface area contributed by atoms with Crippen molar-refractivity contribution in [3.8, 4) is 17.3 Å². The minimum absolute atomic E-state index is 0.368. The van der Waals surface area contributed by atoms with E-state index in [1.165, 1.54) is 0 Å². The monoisotopic (exact) mass is 358 g/mol. The maximum absolute atomic E-state index is 5.54. The van der Waals surface area contributed by atoms with E-state index in [0.717, 1.165) is 11.4 Å². The normalized spacial score (nSPS) is 10.5. The van der Waals surface area contributed by atoms with Crippen molar-refractivity contribution in [1.29, 1.82) is 0 Å². The van der Waals surface area contributed by atoms with Crippen molar-refractivity contribution in [3.05, 3.63) is 83.9 Å². The summed E-state index contributed by atoms with van der Waals surface area (Å²) in [6, 6.07) is 21.3. The van der Waals surface area contributed by atoms with Gasteiger partial charge in [0.05, 0.1) is 5.69 Å². The lowest BCUT2D eigenvalue weighted by Crippen LogP contribution is -2.11. The molecule has 0 saturated heterocycles. The van der Waals surface area contributed by atoms with E-state index in [0.29, 0.717) is 22.4 Å². The van der Waals surface area contributed by atoms with E-state index in [1.807, 2.05) is 60.7 Å². The number of hydrogen-bond donors (Lipinski definition) is 1. The Morgan fingerprint density at radius 2 is 1.38 bits per heavy atom. The molecule has 0 fully saturated rings. The Kier molecular flexibility index (Phi) is 4.44. The summed E-state index contributed by atoms with van der Waals surface area (Å²) in [7, 11) is 0. The maximum atomic E-state index is 5.54. The van der Waals surface area contributed by atoms with Gasteiger partial charge < -0.3 is 5.32 Å². The number of hydrogen-bond acceptors (Lipinski definition) is 6. The molecule has 1 N–H and O–H groups in total. The Bertz CT molecular complexity index is 1070. The van der Waals surface area contributed by atoms with Crippen LogP contribution in [-0.2, 0) is 0 Å². The SMILES string of the molecule is S=c1nc(-c2ncccn2)nc(Nc2ccccc2)n1-c1ccccc1. The second-order valence-electron chi connectivity index (χ2n) is 5.39. The van der Waals surface area contributed by atoms with Crippen molar-refractivity contribution in [2.75, 3.05) is 5.32 Å². The van der Waals surface area contributed by atoms with Crippen molar-refractivity contribution in [1.82, 2.24) is 24.5 Å². The molecule has 4 rings (SSSR count). The Hall–Kier alpha value is -3.45. The first kappa shape index (κ1) is 16.0. The van der Waals surface area contributed by atoms with Gasteiger partial charge in [-0.2, -0.15) is 9.97 Å². The highest BCUT2D eigenvalue weighted by Gasteiger charge is 2.13. The van der Waals surface area contributed by atoms with Gasteiger partial charge in [-0.3, -0.25) is 4.57 Å². The molecule has 4 aromatic rings. The minimum Gasteiger partial charge on any atom is -0.325 e. The summed E-state index contributed by atoms with van der Waals surface area (Å²) in [4.78, 5) is 17.5. The molecule has 2 heterocycles. The van der Waals surface area contributed by atoms with Gasteiger partial charge in [-0.25, -0.2) is 9.97 Å². The molecule has 0 atom stereocenters. The fraction of sp³-hybridized carbons (Fsp3) is 0. The fourth-order valence-electron chi connectivity index (χ4n) is 2.47. The number of nitrogens with one attached hydrogen (secondary N) is 1. The Morgan fingerprint density at radius 3 is 2.08 bits per heavy atom. The molecule has 0 bridgehead atoms. The van der Waals surface area contributed by atoms with Crippen molar-refractivity contribution in [2.24, 2.45) is 0 Å². The first-order chi connectivity index (χ1) is 12.8. The van der Waals surface area contributed by atoms with Gasteiger partial charge in [-0.1, -0.05) is 36.4 Å². The molecular formula is C19H14N6S. The molecule has 0 spiro atoms. The van der Waals surface area contributed by atoms with Gasteiger partial charge in [0.25, 0.3) is 0 Å². The molecule has 26 heavy (non-hydrogen) atoms. The summed E-state index contributed by atoms with van der Waals surface area (Å²) in [6.45, 7) is 0. The number of rotatable bonds is 4. The van der Waals surface area contributed by atoms with Gasteiger partial charge >= 0.3 is 0 Å². The Morgan fingerprint density at radius 1 is 0.731 bits per heavy atom. The lowest BCUT2D eigenvalue weighted by Gasteiger charge is -2.15. The van der Waals surface area contributed by atoms with Crippen LogP contribution in [0.1, 0.15) is 0 Å². The van der Waals surface area contributed by atoms with Crippen LogP contribution < -0.4 is 5.32 Å². The second-order valence-corrected chi connectivity index (χ2v) is 5.75. The van der Waals surface area contributed by atoms with Crippen LogP contribution in [0.25, 0.3) is 17.3 Å². The molecule has 0 aliphatic carbocycles. The van der Waals surface area contributed by atoms with Crippen LogP contribution in [0.2, 0.25) is 0 Å². The zero-order valence-corrected chi connectivity index (χ0v) is 14.5. The van der Waals surface area contributed by atoms with Gasteiger partial charge in [0.2, 0.25) is 16.5 Å². The molecule has 7 heteroatoms. The van der Waals surface area contributed by atoms with E-state index < -0.39 is 0 Å². The average molecular weight is 358 g/mol. The number of anilines is 2. The standard InChI is InChI=1S/C19H14N6S/c26-19-24-17(16-20-12-7-13-21-16)23-18(22-14-8-3-1-4-9-14)25(19)15-10-5-2-6-11-15/h1-13H,(H,22,23,24,26). The van der Waals surface area contributed by atoms with Crippen LogP contribution in [0.3, 0.4) is 0 Å². The third kappa shape index (κ3) is 3.33. The van der Waals surface area contributed by atoms with E-state index in [4.69, 9.17) is 12.2 Å². The minimum atomic E-state index is 0.368. The molecule has 6 nitrogen and oxygen atoms in total. The largest absolute Gasteiger partial charge is 0.325 e. The van der Waals surface area contributed by atoms with Crippen LogP contribution in [0.5, 0.6) is 0 Å². The molecule has 2 aromatic heterocycles. The quantitative estimate of drug-likeness (QED) is 0.552. The van der Waals surface area contributed by atoms with Gasteiger partial charge in [0.15, 0.2) is 5.82 Å². The number of para-hydroxylation sites is 2. The number of aromatic nitrogens is 5. The third-order valence-electron chi connectivity index (χ3n) is 3.63. The molecule has 0 aliphatic rings. The van der Waals surface area contributed by atoms with E-state index in [1.54, 1.807) is 23.0 Å². The molecule has 0 amide bonds. The van der Waals surface area contributed by atoms with Crippen molar-refractivity contribution < 1.29 is 0 Å². The third-order valence-corrected chi connectivity index (χ3v) is 3.90. The number of nitrogens with zero attached hydrogens (tertiary/aromatic N) is 5. The average Bonchev–Trinajstić information content (AvgIpc) is 2.70. The van der Waals surface area contributed by atoms with Crippen molar-refractivity contribution in [3.63, 3.8) is 0 Å². The topological polar surface area (TPSA) is 68.5 Å². The van der Waals surface area contributed by atoms with Crippen LogP contribution >= 0.6 is 12.2 Å². The lowest BCUT2D eigenvalue weighted by molar-refractivity contribution is 0.901. The van der Waals surface area contributed by atoms with E-state index in [2.05, 4.69) is 25.3 Å². The van der Waals surface area contributed by atoms with Crippen molar-refractivity contribution in [2.45, 2.75) is 0 Å². The highest BCUT2D eigenvalue weighted by Crippen LogP contribution is 2.21. The summed E-state index contributed by atoms with van der Waals surface area (Å²) >= 11 is 5.54. The fourth-order valence-corrected chi connectivity index (χ4v) is 2.74.